The molecule has 1 aromatic carbocycles. The van der Waals surface area contributed by atoms with Crippen molar-refractivity contribution in [1.82, 2.24) is 0 Å². The molecule has 6 heteroatoms. The topological polar surface area (TPSA) is 80.4 Å². The maximum absolute atomic E-state index is 10.7. The smallest absolute Gasteiger partial charge is 0.311 e. The van der Waals surface area contributed by atoms with Gasteiger partial charge in [-0.2, -0.15) is 0 Å². The van der Waals surface area contributed by atoms with Crippen LogP contribution in [-0.2, 0) is 4.79 Å². The number of nitrogens with zero attached hydrogens (tertiary/aromatic N) is 1. The second-order valence-corrected chi connectivity index (χ2v) is 4.78. The predicted octanol–water partition coefficient (Wildman–Crippen LogP) is 2.98. The lowest BCUT2D eigenvalue weighted by atomic mass is 10.1. The second kappa shape index (κ2) is 6.80. The summed E-state index contributed by atoms with van der Waals surface area (Å²) in [4.78, 5) is 20.7. The van der Waals surface area contributed by atoms with Crippen molar-refractivity contribution < 1.29 is 14.8 Å². The van der Waals surface area contributed by atoms with Gasteiger partial charge in [-0.25, -0.2) is 0 Å². The van der Waals surface area contributed by atoms with Crippen molar-refractivity contribution >= 4 is 28.6 Å². The molecule has 0 aromatic heterocycles. The van der Waals surface area contributed by atoms with Gasteiger partial charge in [0.25, 0.3) is 0 Å². The van der Waals surface area contributed by atoms with E-state index in [2.05, 4.69) is 0 Å². The lowest BCUT2D eigenvalue weighted by Crippen LogP contribution is -1.89. The van der Waals surface area contributed by atoms with Crippen LogP contribution in [0.25, 0.3) is 6.08 Å². The fraction of sp³-hybridized carbons (Fsp3) is 0.250. The Morgan fingerprint density at radius 2 is 2.28 bits per heavy atom. The predicted molar refractivity (Wildman–Crippen MR) is 71.6 cm³/mol. The van der Waals surface area contributed by atoms with Gasteiger partial charge >= 0.3 is 5.69 Å². The molecule has 18 heavy (non-hydrogen) atoms. The standard InChI is InChI=1S/C12H13NO4S/c1-9(14)18-8-3-2-5-10-6-4-7-11(12(10)15)13(16)17/h2,4-7,15H,3,8H2,1H3. The third-order valence-electron chi connectivity index (χ3n) is 2.13. The number of para-hydroxylation sites is 1. The Balaban J connectivity index is 2.67. The molecule has 0 heterocycles. The summed E-state index contributed by atoms with van der Waals surface area (Å²) in [6, 6.07) is 4.36. The molecule has 0 spiro atoms. The van der Waals surface area contributed by atoms with E-state index < -0.39 is 4.92 Å². The molecule has 0 aliphatic carbocycles. The summed E-state index contributed by atoms with van der Waals surface area (Å²) in [6.45, 7) is 1.50. The van der Waals surface area contributed by atoms with Gasteiger partial charge in [0.15, 0.2) is 5.12 Å². The molecule has 5 nitrogen and oxygen atoms in total. The Morgan fingerprint density at radius 3 is 2.89 bits per heavy atom. The van der Waals surface area contributed by atoms with E-state index in [1.54, 1.807) is 18.2 Å². The van der Waals surface area contributed by atoms with Crippen molar-refractivity contribution in [2.75, 3.05) is 5.75 Å². The number of thioether (sulfide) groups is 1. The molecule has 0 aliphatic rings. The van der Waals surface area contributed by atoms with Gasteiger partial charge in [-0.3, -0.25) is 14.9 Å². The maximum atomic E-state index is 10.7. The summed E-state index contributed by atoms with van der Waals surface area (Å²) in [5.74, 6) is 0.319. The number of carbonyl (C=O) groups is 1. The van der Waals surface area contributed by atoms with Gasteiger partial charge in [-0.05, 0) is 6.42 Å². The zero-order valence-electron chi connectivity index (χ0n) is 9.83. The average molecular weight is 267 g/mol. The van der Waals surface area contributed by atoms with Crippen molar-refractivity contribution in [3.05, 3.63) is 40.0 Å². The lowest BCUT2D eigenvalue weighted by Gasteiger charge is -1.99. The van der Waals surface area contributed by atoms with Gasteiger partial charge in [0.2, 0.25) is 5.75 Å². The van der Waals surface area contributed by atoms with Crippen molar-refractivity contribution in [2.45, 2.75) is 13.3 Å². The number of phenolic OH excluding ortho intramolecular Hbond substituents is 1. The number of phenols is 1. The molecule has 0 saturated carbocycles. The number of allylic oxidation sites excluding steroid dienone is 1. The first-order valence-electron chi connectivity index (χ1n) is 5.28. The summed E-state index contributed by atoms with van der Waals surface area (Å²) in [7, 11) is 0. The van der Waals surface area contributed by atoms with Gasteiger partial charge in [-0.15, -0.1) is 0 Å². The number of hydrogen-bond acceptors (Lipinski definition) is 5. The summed E-state index contributed by atoms with van der Waals surface area (Å²) in [5, 5.41) is 20.3. The highest BCUT2D eigenvalue weighted by Gasteiger charge is 2.14. The van der Waals surface area contributed by atoms with Crippen LogP contribution in [0.5, 0.6) is 5.75 Å². The van der Waals surface area contributed by atoms with Gasteiger partial charge in [0.05, 0.1) is 4.92 Å². The summed E-state index contributed by atoms with van der Waals surface area (Å²) in [5.41, 5.74) is 0.0901. The van der Waals surface area contributed by atoms with Gasteiger partial charge in [0, 0.05) is 24.3 Å². The lowest BCUT2D eigenvalue weighted by molar-refractivity contribution is -0.385. The minimum absolute atomic E-state index is 0.0570. The normalized spacial score (nSPS) is 10.7. The number of aromatic hydroxyl groups is 1. The van der Waals surface area contributed by atoms with Crippen LogP contribution < -0.4 is 0 Å². The zero-order chi connectivity index (χ0) is 13.5. The van der Waals surface area contributed by atoms with Gasteiger partial charge in [-0.1, -0.05) is 36.0 Å². The van der Waals surface area contributed by atoms with Gasteiger partial charge < -0.3 is 5.11 Å². The molecule has 0 fully saturated rings. The van der Waals surface area contributed by atoms with Crippen molar-refractivity contribution in [3.8, 4) is 5.75 Å². The van der Waals surface area contributed by atoms with E-state index in [0.29, 0.717) is 17.7 Å². The summed E-state index contributed by atoms with van der Waals surface area (Å²) in [6.07, 6.45) is 4.05. The third-order valence-corrected chi connectivity index (χ3v) is 2.98. The number of nitro benzene ring substituents is 1. The van der Waals surface area contributed by atoms with Crippen LogP contribution in [-0.4, -0.2) is 20.9 Å². The molecular formula is C12H13NO4S. The largest absolute Gasteiger partial charge is 0.502 e. The molecule has 1 aromatic rings. The molecule has 0 unspecified atom stereocenters. The molecule has 1 N–H and O–H groups in total. The van der Waals surface area contributed by atoms with Gasteiger partial charge in [0.1, 0.15) is 0 Å². The van der Waals surface area contributed by atoms with E-state index >= 15 is 0 Å². The van der Waals surface area contributed by atoms with Crippen LogP contribution in [0.2, 0.25) is 0 Å². The first-order chi connectivity index (χ1) is 8.52. The molecule has 1 rings (SSSR count). The summed E-state index contributed by atoms with van der Waals surface area (Å²) < 4.78 is 0. The molecule has 0 saturated heterocycles. The minimum atomic E-state index is -0.627. The Kier molecular flexibility index (Phi) is 5.38. The average Bonchev–Trinajstić information content (AvgIpc) is 2.30. The molecule has 0 atom stereocenters. The number of hydrogen-bond donors (Lipinski definition) is 1. The fourth-order valence-corrected chi connectivity index (χ4v) is 1.85. The van der Waals surface area contributed by atoms with E-state index in [-0.39, 0.29) is 16.6 Å². The minimum Gasteiger partial charge on any atom is -0.502 e. The van der Waals surface area contributed by atoms with Crippen LogP contribution >= 0.6 is 11.8 Å². The summed E-state index contributed by atoms with van der Waals surface area (Å²) >= 11 is 1.22. The SMILES string of the molecule is CC(=O)SCCC=Cc1cccc([N+](=O)[O-])c1O. The Labute approximate surface area is 109 Å². The van der Waals surface area contributed by atoms with Crippen molar-refractivity contribution in [2.24, 2.45) is 0 Å². The number of benzene rings is 1. The third kappa shape index (κ3) is 4.21. The number of nitro groups is 1. The molecule has 0 aliphatic heterocycles. The van der Waals surface area contributed by atoms with E-state index in [4.69, 9.17) is 0 Å². The monoisotopic (exact) mass is 267 g/mol. The Morgan fingerprint density at radius 1 is 1.56 bits per heavy atom. The molecule has 0 bridgehead atoms. The van der Waals surface area contributed by atoms with Crippen LogP contribution in [0.1, 0.15) is 18.9 Å². The zero-order valence-corrected chi connectivity index (χ0v) is 10.6. The van der Waals surface area contributed by atoms with E-state index in [1.807, 2.05) is 0 Å². The number of rotatable bonds is 5. The van der Waals surface area contributed by atoms with Crippen LogP contribution in [0.15, 0.2) is 24.3 Å². The van der Waals surface area contributed by atoms with E-state index in [0.717, 1.165) is 0 Å². The Bertz CT molecular complexity index is 485. The van der Waals surface area contributed by atoms with Crippen LogP contribution in [0, 0.1) is 10.1 Å². The van der Waals surface area contributed by atoms with Crippen molar-refractivity contribution in [1.29, 1.82) is 0 Å². The maximum Gasteiger partial charge on any atom is 0.311 e. The van der Waals surface area contributed by atoms with E-state index in [9.17, 15) is 20.0 Å². The quantitative estimate of drug-likeness (QED) is 0.504. The highest BCUT2D eigenvalue weighted by atomic mass is 32.2. The highest BCUT2D eigenvalue weighted by molar-refractivity contribution is 8.13. The van der Waals surface area contributed by atoms with E-state index in [1.165, 1.54) is 30.8 Å². The molecule has 0 radical (unpaired) electrons. The van der Waals surface area contributed by atoms with Crippen LogP contribution in [0.3, 0.4) is 0 Å². The fourth-order valence-electron chi connectivity index (χ4n) is 1.31. The first kappa shape index (κ1) is 14.2. The Hall–Kier alpha value is -1.82. The van der Waals surface area contributed by atoms with Crippen LogP contribution in [0.4, 0.5) is 5.69 Å². The number of carbonyl (C=O) groups excluding carboxylic acids is 1. The molecule has 0 amide bonds. The molecule has 96 valence electrons. The molecular weight excluding hydrogens is 254 g/mol. The first-order valence-corrected chi connectivity index (χ1v) is 6.27. The van der Waals surface area contributed by atoms with Crippen molar-refractivity contribution in [3.63, 3.8) is 0 Å². The highest BCUT2D eigenvalue weighted by Crippen LogP contribution is 2.30. The second-order valence-electron chi connectivity index (χ2n) is 3.50.